The summed E-state index contributed by atoms with van der Waals surface area (Å²) in [6.07, 6.45) is 0.649. The van der Waals surface area contributed by atoms with Crippen molar-refractivity contribution in [2.45, 2.75) is 26.3 Å². The minimum atomic E-state index is -0.276. The third kappa shape index (κ3) is 3.96. The lowest BCUT2D eigenvalue weighted by Crippen LogP contribution is -2.38. The van der Waals surface area contributed by atoms with Crippen LogP contribution in [-0.2, 0) is 4.79 Å². The molecule has 1 aliphatic rings. The molecule has 0 aliphatic carbocycles. The van der Waals surface area contributed by atoms with E-state index in [1.807, 2.05) is 31.4 Å². The van der Waals surface area contributed by atoms with Gasteiger partial charge >= 0.3 is 0 Å². The summed E-state index contributed by atoms with van der Waals surface area (Å²) in [6, 6.07) is 10.2. The van der Waals surface area contributed by atoms with Crippen molar-refractivity contribution in [1.82, 2.24) is 9.91 Å². The Kier molecular flexibility index (Phi) is 5.60. The average Bonchev–Trinajstić information content (AvgIpc) is 3.29. The van der Waals surface area contributed by atoms with Gasteiger partial charge in [-0.1, -0.05) is 32.0 Å². The van der Waals surface area contributed by atoms with Crippen LogP contribution >= 0.6 is 11.3 Å². The van der Waals surface area contributed by atoms with Crippen LogP contribution in [0.5, 0.6) is 0 Å². The average molecular weight is 359 g/mol. The van der Waals surface area contributed by atoms with Gasteiger partial charge in [-0.2, -0.15) is 5.10 Å². The van der Waals surface area contributed by atoms with Crippen LogP contribution in [0.25, 0.3) is 0 Å². The highest BCUT2D eigenvalue weighted by Gasteiger charge is 2.33. The van der Waals surface area contributed by atoms with Crippen LogP contribution in [0.1, 0.15) is 36.8 Å². The van der Waals surface area contributed by atoms with Crippen LogP contribution < -0.4 is 0 Å². The number of hydrogen-bond donors (Lipinski definition) is 0. The number of halogens is 1. The quantitative estimate of drug-likeness (QED) is 0.784. The van der Waals surface area contributed by atoms with Gasteiger partial charge in [0.15, 0.2) is 0 Å². The monoisotopic (exact) mass is 359 g/mol. The number of nitrogens with zero attached hydrogens (tertiary/aromatic N) is 3. The molecular weight excluding hydrogens is 337 g/mol. The van der Waals surface area contributed by atoms with E-state index >= 15 is 0 Å². The number of thiophene rings is 1. The second-order valence-corrected chi connectivity index (χ2v) is 6.94. The van der Waals surface area contributed by atoms with Crippen molar-refractivity contribution >= 4 is 23.0 Å². The summed E-state index contributed by atoms with van der Waals surface area (Å²) in [5.74, 6) is -0.299. The number of likely N-dealkylation sites (N-methyl/N-ethyl adjacent to an activating group) is 1. The Morgan fingerprint density at radius 1 is 1.28 bits per heavy atom. The highest BCUT2D eigenvalue weighted by molar-refractivity contribution is 7.12. The van der Waals surface area contributed by atoms with Gasteiger partial charge in [0.25, 0.3) is 5.91 Å². The van der Waals surface area contributed by atoms with Crippen LogP contribution in [0.2, 0.25) is 0 Å². The molecule has 0 fully saturated rings. The Morgan fingerprint density at radius 2 is 2.00 bits per heavy atom. The molecule has 1 aromatic carbocycles. The van der Waals surface area contributed by atoms with Gasteiger partial charge in [0.2, 0.25) is 0 Å². The van der Waals surface area contributed by atoms with Crippen molar-refractivity contribution in [2.75, 3.05) is 19.6 Å². The van der Waals surface area contributed by atoms with Gasteiger partial charge in [0.05, 0.1) is 23.2 Å². The van der Waals surface area contributed by atoms with Gasteiger partial charge in [-0.05, 0) is 42.2 Å². The molecular formula is C19H22FN3OS. The van der Waals surface area contributed by atoms with Crippen molar-refractivity contribution < 1.29 is 9.18 Å². The fraction of sp³-hybridized carbons (Fsp3) is 0.368. The zero-order chi connectivity index (χ0) is 17.8. The summed E-state index contributed by atoms with van der Waals surface area (Å²) in [5.41, 5.74) is 1.82. The lowest BCUT2D eigenvalue weighted by molar-refractivity contribution is -0.134. The molecule has 1 amide bonds. The van der Waals surface area contributed by atoms with Crippen molar-refractivity contribution in [1.29, 1.82) is 0 Å². The van der Waals surface area contributed by atoms with E-state index < -0.39 is 0 Å². The first kappa shape index (κ1) is 17.8. The zero-order valence-electron chi connectivity index (χ0n) is 14.5. The maximum atomic E-state index is 13.3. The Balaban J connectivity index is 1.87. The largest absolute Gasteiger partial charge is 0.295 e. The first-order valence-electron chi connectivity index (χ1n) is 8.53. The van der Waals surface area contributed by atoms with Crippen molar-refractivity contribution in [3.63, 3.8) is 0 Å². The SMILES string of the molecule is CCN(CC)CC(=O)N1N=C(c2cccs2)C[C@@H]1c1ccc(F)cc1. The number of hydrazone groups is 1. The molecule has 0 unspecified atom stereocenters. The molecule has 3 rings (SSSR count). The summed E-state index contributed by atoms with van der Waals surface area (Å²) in [5, 5.41) is 8.21. The van der Waals surface area contributed by atoms with Gasteiger partial charge < -0.3 is 0 Å². The maximum absolute atomic E-state index is 13.3. The molecule has 1 atom stereocenters. The van der Waals surface area contributed by atoms with E-state index in [0.717, 1.165) is 29.2 Å². The highest BCUT2D eigenvalue weighted by Crippen LogP contribution is 2.33. The summed E-state index contributed by atoms with van der Waals surface area (Å²) >= 11 is 1.62. The van der Waals surface area contributed by atoms with E-state index in [2.05, 4.69) is 10.0 Å². The Bertz CT molecular complexity index is 739. The molecule has 4 nitrogen and oxygen atoms in total. The maximum Gasteiger partial charge on any atom is 0.257 e. The zero-order valence-corrected chi connectivity index (χ0v) is 15.3. The molecule has 0 spiro atoms. The highest BCUT2D eigenvalue weighted by atomic mass is 32.1. The number of carbonyl (C=O) groups excluding carboxylic acids is 1. The summed E-state index contributed by atoms with van der Waals surface area (Å²) < 4.78 is 13.3. The van der Waals surface area contributed by atoms with E-state index in [-0.39, 0.29) is 17.8 Å². The Morgan fingerprint density at radius 3 is 2.60 bits per heavy atom. The molecule has 25 heavy (non-hydrogen) atoms. The molecule has 0 saturated heterocycles. The van der Waals surface area contributed by atoms with Gasteiger partial charge in [0, 0.05) is 6.42 Å². The van der Waals surface area contributed by atoms with Crippen LogP contribution in [0.3, 0.4) is 0 Å². The van der Waals surface area contributed by atoms with E-state index in [4.69, 9.17) is 0 Å². The minimum Gasteiger partial charge on any atom is -0.295 e. The van der Waals surface area contributed by atoms with E-state index in [1.54, 1.807) is 28.5 Å². The predicted molar refractivity (Wildman–Crippen MR) is 99.2 cm³/mol. The lowest BCUT2D eigenvalue weighted by atomic mass is 10.0. The second kappa shape index (κ2) is 7.89. The fourth-order valence-corrected chi connectivity index (χ4v) is 3.71. The standard InChI is InChI=1S/C19H22FN3OS/c1-3-22(4-2)13-19(24)23-17(14-7-9-15(20)10-8-14)12-16(21-23)18-6-5-11-25-18/h5-11,17H,3-4,12-13H2,1-2H3/t17-/m1/s1. The third-order valence-electron chi connectivity index (χ3n) is 4.48. The molecule has 0 bridgehead atoms. The minimum absolute atomic E-state index is 0.0235. The number of hydrogen-bond acceptors (Lipinski definition) is 4. The topological polar surface area (TPSA) is 35.9 Å². The van der Waals surface area contributed by atoms with Crippen LogP contribution in [0.4, 0.5) is 4.39 Å². The second-order valence-electron chi connectivity index (χ2n) is 6.00. The lowest BCUT2D eigenvalue weighted by Gasteiger charge is -2.25. The van der Waals surface area contributed by atoms with Crippen LogP contribution in [0.15, 0.2) is 46.9 Å². The van der Waals surface area contributed by atoms with Gasteiger partial charge in [-0.15, -0.1) is 11.3 Å². The van der Waals surface area contributed by atoms with Crippen molar-refractivity contribution in [3.05, 3.63) is 58.0 Å². The van der Waals surface area contributed by atoms with Gasteiger partial charge in [0.1, 0.15) is 5.82 Å². The molecule has 0 N–H and O–H groups in total. The normalized spacial score (nSPS) is 17.2. The molecule has 2 heterocycles. The Labute approximate surface area is 151 Å². The summed E-state index contributed by atoms with van der Waals surface area (Å²) in [7, 11) is 0. The van der Waals surface area contributed by atoms with E-state index in [1.165, 1.54) is 12.1 Å². The van der Waals surface area contributed by atoms with Crippen LogP contribution in [-0.4, -0.2) is 41.2 Å². The van der Waals surface area contributed by atoms with Crippen molar-refractivity contribution in [3.8, 4) is 0 Å². The molecule has 0 radical (unpaired) electrons. The third-order valence-corrected chi connectivity index (χ3v) is 5.40. The number of amides is 1. The summed E-state index contributed by atoms with van der Waals surface area (Å²) in [4.78, 5) is 16.0. The van der Waals surface area contributed by atoms with Gasteiger partial charge in [-0.25, -0.2) is 9.40 Å². The predicted octanol–water partition coefficient (Wildman–Crippen LogP) is 3.91. The van der Waals surface area contributed by atoms with Crippen LogP contribution in [0, 0.1) is 5.82 Å². The summed E-state index contributed by atoms with van der Waals surface area (Å²) in [6.45, 7) is 6.06. The molecule has 6 heteroatoms. The van der Waals surface area contributed by atoms with E-state index in [9.17, 15) is 9.18 Å². The molecule has 0 saturated carbocycles. The molecule has 1 aromatic heterocycles. The van der Waals surface area contributed by atoms with Gasteiger partial charge in [-0.3, -0.25) is 9.69 Å². The number of carbonyl (C=O) groups is 1. The Hall–Kier alpha value is -2.05. The molecule has 1 aliphatic heterocycles. The smallest absolute Gasteiger partial charge is 0.257 e. The number of benzene rings is 1. The number of rotatable bonds is 6. The first-order valence-corrected chi connectivity index (χ1v) is 9.41. The molecule has 2 aromatic rings. The first-order chi connectivity index (χ1) is 12.1. The molecule has 132 valence electrons. The fourth-order valence-electron chi connectivity index (χ4n) is 2.99. The van der Waals surface area contributed by atoms with E-state index in [0.29, 0.717) is 13.0 Å². The van der Waals surface area contributed by atoms with Crippen molar-refractivity contribution in [2.24, 2.45) is 5.10 Å².